The lowest BCUT2D eigenvalue weighted by Gasteiger charge is -2.13. The molecule has 0 atom stereocenters. The molecule has 3 rings (SSSR count). The van der Waals surface area contributed by atoms with Gasteiger partial charge in [0.25, 0.3) is 5.91 Å². The van der Waals surface area contributed by atoms with E-state index in [4.69, 9.17) is 0 Å². The van der Waals surface area contributed by atoms with Gasteiger partial charge in [-0.05, 0) is 38.0 Å². The second-order valence-corrected chi connectivity index (χ2v) is 5.63. The summed E-state index contributed by atoms with van der Waals surface area (Å²) in [6.07, 6.45) is 3.49. The molecule has 0 radical (unpaired) electrons. The number of pyridine rings is 1. The number of nitrogens with one attached hydrogen (secondary N) is 1. The third kappa shape index (κ3) is 2.93. The van der Waals surface area contributed by atoms with Crippen LogP contribution in [0.2, 0.25) is 0 Å². The van der Waals surface area contributed by atoms with Crippen LogP contribution < -0.4 is 5.32 Å². The van der Waals surface area contributed by atoms with Crippen LogP contribution in [0.25, 0.3) is 11.1 Å². The molecule has 3 aromatic rings. The minimum Gasteiger partial charge on any atom is -0.306 e. The monoisotopic (exact) mass is 320 g/mol. The Labute approximate surface area is 141 Å². The minimum atomic E-state index is -0.169. The molecule has 5 heteroatoms. The van der Waals surface area contributed by atoms with Gasteiger partial charge in [0.2, 0.25) is 0 Å². The number of nitrogens with zero attached hydrogens (tertiary/aromatic N) is 3. The van der Waals surface area contributed by atoms with Gasteiger partial charge in [0.1, 0.15) is 5.82 Å². The molecule has 5 nitrogen and oxygen atoms in total. The fourth-order valence-electron chi connectivity index (χ4n) is 2.76. The minimum absolute atomic E-state index is 0.169. The Hall–Kier alpha value is -2.95. The molecule has 1 amide bonds. The van der Waals surface area contributed by atoms with E-state index >= 15 is 0 Å². The van der Waals surface area contributed by atoms with Crippen LogP contribution in [0.1, 0.15) is 28.5 Å². The summed E-state index contributed by atoms with van der Waals surface area (Å²) in [4.78, 5) is 17.3. The molecule has 0 bridgehead atoms. The summed E-state index contributed by atoms with van der Waals surface area (Å²) in [6.45, 7) is 6.47. The Morgan fingerprint density at radius 1 is 1.17 bits per heavy atom. The van der Waals surface area contributed by atoms with Gasteiger partial charge >= 0.3 is 0 Å². The number of aryl methyl sites for hydroxylation is 3. The topological polar surface area (TPSA) is 59.8 Å². The van der Waals surface area contributed by atoms with Crippen LogP contribution in [-0.2, 0) is 6.54 Å². The molecule has 0 fully saturated rings. The number of rotatable bonds is 4. The molecule has 2 aromatic heterocycles. The summed E-state index contributed by atoms with van der Waals surface area (Å²) in [6, 6.07) is 11.7. The zero-order valence-electron chi connectivity index (χ0n) is 14.1. The van der Waals surface area contributed by atoms with Gasteiger partial charge in [0.15, 0.2) is 0 Å². The molecule has 0 saturated heterocycles. The van der Waals surface area contributed by atoms with Crippen molar-refractivity contribution in [2.75, 3.05) is 5.32 Å². The molecule has 0 unspecified atom stereocenters. The van der Waals surface area contributed by atoms with E-state index in [0.29, 0.717) is 17.8 Å². The molecule has 0 aliphatic carbocycles. The SMILES string of the molecule is CCn1ncc(C)c1NC(=O)c1c(-c2ccccc2)ccnc1C. The van der Waals surface area contributed by atoms with Crippen LogP contribution in [0.3, 0.4) is 0 Å². The van der Waals surface area contributed by atoms with Crippen molar-refractivity contribution in [3.8, 4) is 11.1 Å². The second kappa shape index (κ2) is 6.66. The molecular weight excluding hydrogens is 300 g/mol. The summed E-state index contributed by atoms with van der Waals surface area (Å²) in [7, 11) is 0. The predicted octanol–water partition coefficient (Wildman–Crippen LogP) is 3.83. The first-order valence-corrected chi connectivity index (χ1v) is 7.96. The molecule has 24 heavy (non-hydrogen) atoms. The van der Waals surface area contributed by atoms with E-state index in [0.717, 1.165) is 22.5 Å². The first-order valence-electron chi connectivity index (χ1n) is 7.96. The standard InChI is InChI=1S/C19H20N4O/c1-4-23-18(13(2)12-21-23)22-19(24)17-14(3)20-11-10-16(17)15-8-6-5-7-9-15/h5-12H,4H2,1-3H3,(H,22,24). The van der Waals surface area contributed by atoms with Crippen LogP contribution in [0, 0.1) is 13.8 Å². The van der Waals surface area contributed by atoms with Gasteiger partial charge in [0, 0.05) is 18.3 Å². The zero-order chi connectivity index (χ0) is 17.1. The number of benzene rings is 1. The molecule has 1 N–H and O–H groups in total. The average molecular weight is 320 g/mol. The molecule has 0 aliphatic rings. The van der Waals surface area contributed by atoms with Crippen molar-refractivity contribution in [1.82, 2.24) is 14.8 Å². The summed E-state index contributed by atoms with van der Waals surface area (Å²) in [5.41, 5.74) is 4.10. The average Bonchev–Trinajstić information content (AvgIpc) is 2.95. The van der Waals surface area contributed by atoms with Gasteiger partial charge in [-0.1, -0.05) is 30.3 Å². The highest BCUT2D eigenvalue weighted by atomic mass is 16.1. The van der Waals surface area contributed by atoms with Crippen molar-refractivity contribution in [1.29, 1.82) is 0 Å². The van der Waals surface area contributed by atoms with Crippen LogP contribution in [0.4, 0.5) is 5.82 Å². The van der Waals surface area contributed by atoms with Crippen molar-refractivity contribution < 1.29 is 4.79 Å². The Morgan fingerprint density at radius 2 is 1.92 bits per heavy atom. The van der Waals surface area contributed by atoms with E-state index in [9.17, 15) is 4.79 Å². The Morgan fingerprint density at radius 3 is 2.62 bits per heavy atom. The van der Waals surface area contributed by atoms with Crippen LogP contribution in [0.5, 0.6) is 0 Å². The highest BCUT2D eigenvalue weighted by Gasteiger charge is 2.19. The van der Waals surface area contributed by atoms with Crippen LogP contribution >= 0.6 is 0 Å². The third-order valence-corrected chi connectivity index (χ3v) is 4.01. The first kappa shape index (κ1) is 15.9. The molecule has 2 heterocycles. The maximum atomic E-state index is 13.0. The van der Waals surface area contributed by atoms with Crippen LogP contribution in [0.15, 0.2) is 48.8 Å². The van der Waals surface area contributed by atoms with Crippen molar-refractivity contribution in [3.05, 3.63) is 65.6 Å². The van der Waals surface area contributed by atoms with E-state index in [1.807, 2.05) is 57.2 Å². The Kier molecular flexibility index (Phi) is 4.42. The molecule has 0 saturated carbocycles. The quantitative estimate of drug-likeness (QED) is 0.794. The van der Waals surface area contributed by atoms with E-state index in [2.05, 4.69) is 15.4 Å². The number of amides is 1. The van der Waals surface area contributed by atoms with Gasteiger partial charge in [0.05, 0.1) is 17.5 Å². The highest BCUT2D eigenvalue weighted by Crippen LogP contribution is 2.26. The third-order valence-electron chi connectivity index (χ3n) is 4.01. The maximum Gasteiger partial charge on any atom is 0.259 e. The first-order chi connectivity index (χ1) is 11.6. The predicted molar refractivity (Wildman–Crippen MR) is 95.0 cm³/mol. The lowest BCUT2D eigenvalue weighted by Crippen LogP contribution is -2.18. The lowest BCUT2D eigenvalue weighted by molar-refractivity contribution is 0.102. The highest BCUT2D eigenvalue weighted by molar-refractivity contribution is 6.09. The van der Waals surface area contributed by atoms with Crippen molar-refractivity contribution >= 4 is 11.7 Å². The maximum absolute atomic E-state index is 13.0. The number of anilines is 1. The van der Waals surface area contributed by atoms with Gasteiger partial charge in [-0.2, -0.15) is 5.10 Å². The molecule has 122 valence electrons. The van der Waals surface area contributed by atoms with Gasteiger partial charge in [-0.3, -0.25) is 9.78 Å². The number of hydrogen-bond acceptors (Lipinski definition) is 3. The number of hydrogen-bond donors (Lipinski definition) is 1. The molecular formula is C19H20N4O. The fraction of sp³-hybridized carbons (Fsp3) is 0.211. The summed E-state index contributed by atoms with van der Waals surface area (Å²) >= 11 is 0. The van der Waals surface area contributed by atoms with Gasteiger partial charge < -0.3 is 5.32 Å². The van der Waals surface area contributed by atoms with E-state index in [-0.39, 0.29) is 5.91 Å². The van der Waals surface area contributed by atoms with Gasteiger partial charge in [-0.15, -0.1) is 0 Å². The van der Waals surface area contributed by atoms with Crippen LogP contribution in [-0.4, -0.2) is 20.7 Å². The fourth-order valence-corrected chi connectivity index (χ4v) is 2.76. The Balaban J connectivity index is 2.03. The number of carbonyl (C=O) groups is 1. The molecule has 0 aliphatic heterocycles. The second-order valence-electron chi connectivity index (χ2n) is 5.63. The van der Waals surface area contributed by atoms with E-state index < -0.39 is 0 Å². The van der Waals surface area contributed by atoms with Crippen molar-refractivity contribution in [2.45, 2.75) is 27.3 Å². The normalized spacial score (nSPS) is 10.6. The lowest BCUT2D eigenvalue weighted by atomic mass is 9.99. The Bertz CT molecular complexity index is 868. The summed E-state index contributed by atoms with van der Waals surface area (Å²) in [5, 5.41) is 7.27. The van der Waals surface area contributed by atoms with Crippen molar-refractivity contribution in [2.24, 2.45) is 0 Å². The van der Waals surface area contributed by atoms with E-state index in [1.165, 1.54) is 0 Å². The molecule has 0 spiro atoms. The van der Waals surface area contributed by atoms with Gasteiger partial charge in [-0.25, -0.2) is 4.68 Å². The summed E-state index contributed by atoms with van der Waals surface area (Å²) in [5.74, 6) is 0.558. The van der Waals surface area contributed by atoms with Crippen molar-refractivity contribution in [3.63, 3.8) is 0 Å². The van der Waals surface area contributed by atoms with E-state index in [1.54, 1.807) is 17.1 Å². The summed E-state index contributed by atoms with van der Waals surface area (Å²) < 4.78 is 1.78. The largest absolute Gasteiger partial charge is 0.306 e. The number of carbonyl (C=O) groups excluding carboxylic acids is 1. The number of aromatic nitrogens is 3. The zero-order valence-corrected chi connectivity index (χ0v) is 14.1. The smallest absolute Gasteiger partial charge is 0.259 e. The molecule has 1 aromatic carbocycles.